The summed E-state index contributed by atoms with van der Waals surface area (Å²) in [5, 5.41) is 0. The highest BCUT2D eigenvalue weighted by atomic mass is 127. The largest absolute Gasteiger partial charge is 0.493 e. The Hall–Kier alpha value is -3.58. The predicted octanol–water partition coefficient (Wildman–Crippen LogP) is 3.99. The molecule has 1 aliphatic rings. The first kappa shape index (κ1) is 29.4. The number of allylic oxidation sites excluding steroid dienone is 1. The van der Waals surface area contributed by atoms with Gasteiger partial charge in [-0.1, -0.05) is 30.1 Å². The summed E-state index contributed by atoms with van der Waals surface area (Å²) in [4.78, 5) is 32.2. The Balaban J connectivity index is 1.93. The molecule has 40 heavy (non-hydrogen) atoms. The molecule has 0 radical (unpaired) electrons. The van der Waals surface area contributed by atoms with Gasteiger partial charge in [-0.15, -0.1) is 0 Å². The quantitative estimate of drug-likeness (QED) is 0.182. The van der Waals surface area contributed by atoms with Crippen molar-refractivity contribution in [1.29, 1.82) is 0 Å². The van der Waals surface area contributed by atoms with Gasteiger partial charge in [-0.25, -0.2) is 9.79 Å². The summed E-state index contributed by atoms with van der Waals surface area (Å²) in [5.41, 5.74) is 1.88. The number of thiazole rings is 1. The van der Waals surface area contributed by atoms with Crippen LogP contribution in [0.5, 0.6) is 23.0 Å². The van der Waals surface area contributed by atoms with Crippen LogP contribution in [0.3, 0.4) is 0 Å². The lowest BCUT2D eigenvalue weighted by atomic mass is 9.95. The highest BCUT2D eigenvalue weighted by Gasteiger charge is 2.34. The summed E-state index contributed by atoms with van der Waals surface area (Å²) in [6, 6.07) is 8.23. The SMILES string of the molecule is C=CCOc1c(I)cc(/C=c2/sc3n(c2=O)[C@@H](c2ccc(OC)c(OC)c2)C(C(=O)OCC)=C(C)N=3)cc1OC. The molecule has 0 spiro atoms. The number of methoxy groups -OCH3 is 3. The van der Waals surface area contributed by atoms with Crippen LogP contribution in [0.4, 0.5) is 0 Å². The first-order valence-corrected chi connectivity index (χ1v) is 14.2. The molecular formula is C29H29IN2O7S. The maximum absolute atomic E-state index is 13.9. The maximum atomic E-state index is 13.9. The Morgan fingerprint density at radius 3 is 2.50 bits per heavy atom. The van der Waals surface area contributed by atoms with Gasteiger partial charge in [0.2, 0.25) is 0 Å². The van der Waals surface area contributed by atoms with E-state index in [4.69, 9.17) is 23.7 Å². The fourth-order valence-corrected chi connectivity index (χ4v) is 6.21. The number of esters is 1. The molecule has 1 aliphatic heterocycles. The van der Waals surface area contributed by atoms with Gasteiger partial charge in [0.25, 0.3) is 5.56 Å². The van der Waals surface area contributed by atoms with Crippen LogP contribution in [0.25, 0.3) is 6.08 Å². The van der Waals surface area contributed by atoms with Gasteiger partial charge in [0.1, 0.15) is 6.61 Å². The number of ether oxygens (including phenoxy) is 5. The van der Waals surface area contributed by atoms with Crippen molar-refractivity contribution in [2.45, 2.75) is 19.9 Å². The molecule has 1 aromatic heterocycles. The van der Waals surface area contributed by atoms with E-state index in [1.807, 2.05) is 6.07 Å². The van der Waals surface area contributed by atoms with E-state index >= 15 is 0 Å². The molecule has 0 aliphatic carbocycles. The first-order valence-electron chi connectivity index (χ1n) is 12.3. The Labute approximate surface area is 249 Å². The average molecular weight is 677 g/mol. The third kappa shape index (κ3) is 5.66. The fourth-order valence-electron chi connectivity index (χ4n) is 4.39. The normalized spacial score (nSPS) is 14.8. The molecule has 4 rings (SSSR count). The van der Waals surface area contributed by atoms with Gasteiger partial charge in [-0.05, 0) is 77.9 Å². The van der Waals surface area contributed by atoms with Crippen LogP contribution in [0, 0.1) is 3.57 Å². The van der Waals surface area contributed by atoms with Crippen LogP contribution in [-0.2, 0) is 9.53 Å². The second kappa shape index (κ2) is 12.7. The highest BCUT2D eigenvalue weighted by Crippen LogP contribution is 2.36. The molecule has 0 saturated carbocycles. The number of rotatable bonds is 10. The molecule has 9 nitrogen and oxygen atoms in total. The number of halogens is 1. The van der Waals surface area contributed by atoms with Crippen LogP contribution < -0.4 is 33.8 Å². The average Bonchev–Trinajstić information content (AvgIpc) is 3.24. The van der Waals surface area contributed by atoms with Crippen LogP contribution >= 0.6 is 33.9 Å². The molecule has 1 atom stereocenters. The highest BCUT2D eigenvalue weighted by molar-refractivity contribution is 14.1. The van der Waals surface area contributed by atoms with Crippen molar-refractivity contribution in [3.63, 3.8) is 0 Å². The second-order valence-electron chi connectivity index (χ2n) is 8.55. The Morgan fingerprint density at radius 2 is 1.85 bits per heavy atom. The molecule has 0 saturated heterocycles. The van der Waals surface area contributed by atoms with Crippen molar-refractivity contribution in [1.82, 2.24) is 4.57 Å². The molecule has 0 N–H and O–H groups in total. The van der Waals surface area contributed by atoms with Crippen LogP contribution in [0.15, 0.2) is 64.0 Å². The number of hydrogen-bond acceptors (Lipinski definition) is 9. The van der Waals surface area contributed by atoms with E-state index in [-0.39, 0.29) is 17.7 Å². The van der Waals surface area contributed by atoms with E-state index < -0.39 is 12.0 Å². The number of hydrogen-bond donors (Lipinski definition) is 0. The van der Waals surface area contributed by atoms with Crippen molar-refractivity contribution in [2.75, 3.05) is 34.5 Å². The number of carbonyl (C=O) groups is 1. The van der Waals surface area contributed by atoms with E-state index in [1.54, 1.807) is 64.5 Å². The minimum absolute atomic E-state index is 0.186. The second-order valence-corrected chi connectivity index (χ2v) is 10.7. The van der Waals surface area contributed by atoms with Gasteiger partial charge in [-0.2, -0.15) is 0 Å². The number of fused-ring (bicyclic) bond motifs is 1. The summed E-state index contributed by atoms with van der Waals surface area (Å²) >= 11 is 3.41. The van der Waals surface area contributed by atoms with Crippen LogP contribution in [0.2, 0.25) is 0 Å². The lowest BCUT2D eigenvalue weighted by Crippen LogP contribution is -2.40. The van der Waals surface area contributed by atoms with E-state index in [0.717, 1.165) is 9.13 Å². The van der Waals surface area contributed by atoms with Crippen LogP contribution in [0.1, 0.15) is 31.0 Å². The molecule has 3 aromatic rings. The van der Waals surface area contributed by atoms with Gasteiger partial charge in [0.05, 0.1) is 53.4 Å². The monoisotopic (exact) mass is 676 g/mol. The van der Waals surface area contributed by atoms with Gasteiger partial charge in [0, 0.05) is 0 Å². The zero-order valence-corrected chi connectivity index (χ0v) is 25.8. The van der Waals surface area contributed by atoms with E-state index in [1.165, 1.54) is 23.0 Å². The Kier molecular flexibility index (Phi) is 9.36. The third-order valence-corrected chi connectivity index (χ3v) is 7.92. The standard InChI is InChI=1S/C29H29IN2O7S/c1-7-11-39-26-19(30)12-17(13-22(26)37-6)14-23-27(33)32-25(18-9-10-20(35-4)21(15-18)36-5)24(28(34)38-8-2)16(3)31-29(32)40-23/h7,9-10,12-15,25H,1,8,11H2,2-6H3/b23-14+/t25-/m0/s1. The van der Waals surface area contributed by atoms with Crippen LogP contribution in [-0.4, -0.2) is 45.1 Å². The minimum Gasteiger partial charge on any atom is -0.493 e. The summed E-state index contributed by atoms with van der Waals surface area (Å²) in [6.07, 6.45) is 3.44. The molecule has 2 aromatic carbocycles. The number of benzene rings is 2. The molecule has 2 heterocycles. The molecule has 0 fully saturated rings. The Morgan fingerprint density at radius 1 is 1.12 bits per heavy atom. The summed E-state index contributed by atoms with van der Waals surface area (Å²) in [5.74, 6) is 1.61. The maximum Gasteiger partial charge on any atom is 0.338 e. The van der Waals surface area contributed by atoms with Gasteiger partial charge < -0.3 is 23.7 Å². The van der Waals surface area contributed by atoms with Gasteiger partial charge in [-0.3, -0.25) is 9.36 Å². The van der Waals surface area contributed by atoms with Gasteiger partial charge >= 0.3 is 5.97 Å². The number of aromatic nitrogens is 1. The van der Waals surface area contributed by atoms with Crippen molar-refractivity contribution in [2.24, 2.45) is 4.99 Å². The molecule has 210 valence electrons. The lowest BCUT2D eigenvalue weighted by molar-refractivity contribution is -0.139. The Bertz CT molecular complexity index is 1670. The third-order valence-electron chi connectivity index (χ3n) is 6.14. The summed E-state index contributed by atoms with van der Waals surface area (Å²) in [7, 11) is 4.64. The van der Waals surface area contributed by atoms with Crippen molar-refractivity contribution < 1.29 is 28.5 Å². The molecule has 0 unspecified atom stereocenters. The van der Waals surface area contributed by atoms with E-state index in [9.17, 15) is 9.59 Å². The molecule has 0 amide bonds. The fraction of sp³-hybridized carbons (Fsp3) is 0.276. The summed E-state index contributed by atoms with van der Waals surface area (Å²) < 4.78 is 30.4. The topological polar surface area (TPSA) is 97.6 Å². The van der Waals surface area contributed by atoms with Crippen molar-refractivity contribution in [3.05, 3.63) is 88.6 Å². The van der Waals surface area contributed by atoms with Crippen molar-refractivity contribution >= 4 is 46.0 Å². The molecule has 11 heteroatoms. The predicted molar refractivity (Wildman–Crippen MR) is 161 cm³/mol. The smallest absolute Gasteiger partial charge is 0.338 e. The number of nitrogens with zero attached hydrogens (tertiary/aromatic N) is 2. The molecule has 0 bridgehead atoms. The zero-order valence-electron chi connectivity index (χ0n) is 22.8. The molecular weight excluding hydrogens is 647 g/mol. The van der Waals surface area contributed by atoms with Gasteiger partial charge in [0.15, 0.2) is 27.8 Å². The minimum atomic E-state index is -0.776. The van der Waals surface area contributed by atoms with Crippen molar-refractivity contribution in [3.8, 4) is 23.0 Å². The summed E-state index contributed by atoms with van der Waals surface area (Å²) in [6.45, 7) is 7.69. The number of carbonyl (C=O) groups excluding carboxylic acids is 1. The lowest BCUT2D eigenvalue weighted by Gasteiger charge is -2.25. The van der Waals surface area contributed by atoms with E-state index in [2.05, 4.69) is 34.2 Å². The van der Waals surface area contributed by atoms with E-state index in [0.29, 0.717) is 50.2 Å². The first-order chi connectivity index (χ1) is 19.3. The zero-order chi connectivity index (χ0) is 29.0.